The number of hydrogen-bond acceptors (Lipinski definition) is 2. The van der Waals surface area contributed by atoms with E-state index in [1.165, 1.54) is 25.7 Å². The smallest absolute Gasteiger partial charge is 0.119 e. The molecule has 0 amide bonds. The molecule has 0 atom stereocenters. The van der Waals surface area contributed by atoms with E-state index in [4.69, 9.17) is 10.5 Å². The summed E-state index contributed by atoms with van der Waals surface area (Å²) in [6.07, 6.45) is 8.52. The van der Waals surface area contributed by atoms with Crippen molar-refractivity contribution in [3.63, 3.8) is 0 Å². The minimum Gasteiger partial charge on any atom is -0.494 e. The van der Waals surface area contributed by atoms with Crippen LogP contribution < -0.4 is 10.5 Å². The summed E-state index contributed by atoms with van der Waals surface area (Å²) < 4.78 is 6.88. The first-order chi connectivity index (χ1) is 9.61. The molecule has 0 heterocycles. The van der Waals surface area contributed by atoms with E-state index in [0.717, 1.165) is 42.0 Å². The molecule has 20 heavy (non-hydrogen) atoms. The van der Waals surface area contributed by atoms with E-state index in [1.807, 2.05) is 24.3 Å². The van der Waals surface area contributed by atoms with E-state index < -0.39 is 0 Å². The van der Waals surface area contributed by atoms with Gasteiger partial charge in [-0.3, -0.25) is 0 Å². The Labute approximate surface area is 131 Å². The van der Waals surface area contributed by atoms with Crippen molar-refractivity contribution in [3.05, 3.63) is 28.7 Å². The van der Waals surface area contributed by atoms with Gasteiger partial charge < -0.3 is 10.5 Å². The number of rotatable bonds is 6. The van der Waals surface area contributed by atoms with Crippen molar-refractivity contribution in [1.29, 1.82) is 0 Å². The van der Waals surface area contributed by atoms with Gasteiger partial charge in [0.1, 0.15) is 5.75 Å². The number of halogens is 1. The van der Waals surface area contributed by atoms with Crippen LogP contribution in [-0.4, -0.2) is 12.1 Å². The van der Waals surface area contributed by atoms with Crippen LogP contribution in [0.2, 0.25) is 0 Å². The molecule has 0 aliphatic heterocycles. The van der Waals surface area contributed by atoms with Crippen LogP contribution in [0.5, 0.6) is 5.75 Å². The van der Waals surface area contributed by atoms with Crippen molar-refractivity contribution >= 4 is 15.9 Å². The molecule has 0 radical (unpaired) electrons. The normalized spacial score (nSPS) is 26.4. The van der Waals surface area contributed by atoms with Gasteiger partial charge in [0.2, 0.25) is 0 Å². The van der Waals surface area contributed by atoms with Crippen molar-refractivity contribution in [2.75, 3.05) is 6.61 Å². The maximum absolute atomic E-state index is 6.52. The standard InChI is InChI=1S/C17H26BrNO/c1-2-3-14-8-10-17(19,11-9-14)12-13-20-16-6-4-15(18)5-7-16/h4-7,14H,2-3,8-13,19H2,1H3. The Morgan fingerprint density at radius 2 is 1.90 bits per heavy atom. The van der Waals surface area contributed by atoms with Crippen LogP contribution in [0.4, 0.5) is 0 Å². The van der Waals surface area contributed by atoms with Gasteiger partial charge in [0, 0.05) is 10.0 Å². The van der Waals surface area contributed by atoms with E-state index in [1.54, 1.807) is 0 Å². The second-order valence-corrected chi connectivity index (χ2v) is 7.06. The molecule has 112 valence electrons. The zero-order valence-corrected chi connectivity index (χ0v) is 14.0. The van der Waals surface area contributed by atoms with Gasteiger partial charge in [-0.2, -0.15) is 0 Å². The Morgan fingerprint density at radius 1 is 1.25 bits per heavy atom. The number of benzene rings is 1. The summed E-state index contributed by atoms with van der Waals surface area (Å²) in [5.41, 5.74) is 6.52. The summed E-state index contributed by atoms with van der Waals surface area (Å²) >= 11 is 3.43. The third-order valence-corrected chi connectivity index (χ3v) is 5.01. The summed E-state index contributed by atoms with van der Waals surface area (Å²) in [7, 11) is 0. The first-order valence-corrected chi connectivity index (χ1v) is 8.58. The average Bonchev–Trinajstić information content (AvgIpc) is 2.44. The molecule has 1 aromatic carbocycles. The molecule has 0 saturated heterocycles. The number of hydrogen-bond donors (Lipinski definition) is 1. The first kappa shape index (κ1) is 15.8. The van der Waals surface area contributed by atoms with E-state index in [9.17, 15) is 0 Å². The molecule has 2 N–H and O–H groups in total. The minimum atomic E-state index is -0.000392. The molecule has 1 aromatic rings. The largest absolute Gasteiger partial charge is 0.494 e. The Hall–Kier alpha value is -0.540. The Balaban J connectivity index is 1.72. The second-order valence-electron chi connectivity index (χ2n) is 6.15. The molecule has 3 heteroatoms. The zero-order chi connectivity index (χ0) is 14.4. The van der Waals surface area contributed by atoms with Gasteiger partial charge in [-0.05, 0) is 62.3 Å². The lowest BCUT2D eigenvalue weighted by molar-refractivity contribution is 0.180. The summed E-state index contributed by atoms with van der Waals surface area (Å²) in [5.74, 6) is 1.83. The lowest BCUT2D eigenvalue weighted by Crippen LogP contribution is -2.44. The summed E-state index contributed by atoms with van der Waals surface area (Å²) in [5, 5.41) is 0. The molecule has 1 aliphatic rings. The Morgan fingerprint density at radius 3 is 2.50 bits per heavy atom. The topological polar surface area (TPSA) is 35.2 Å². The van der Waals surface area contributed by atoms with E-state index in [0.29, 0.717) is 0 Å². The molecule has 0 aromatic heterocycles. The summed E-state index contributed by atoms with van der Waals surface area (Å²) in [6, 6.07) is 7.99. The molecule has 1 fully saturated rings. The van der Waals surface area contributed by atoms with Crippen molar-refractivity contribution in [2.24, 2.45) is 11.7 Å². The minimum absolute atomic E-state index is 0.000392. The van der Waals surface area contributed by atoms with Gasteiger partial charge in [0.15, 0.2) is 0 Å². The van der Waals surface area contributed by atoms with Crippen molar-refractivity contribution in [3.8, 4) is 5.75 Å². The maximum atomic E-state index is 6.52. The van der Waals surface area contributed by atoms with Crippen LogP contribution in [-0.2, 0) is 0 Å². The molecule has 0 spiro atoms. The average molecular weight is 340 g/mol. The predicted molar refractivity (Wildman–Crippen MR) is 88.0 cm³/mol. The third-order valence-electron chi connectivity index (χ3n) is 4.48. The molecule has 2 rings (SSSR count). The van der Waals surface area contributed by atoms with Crippen LogP contribution in [0.25, 0.3) is 0 Å². The van der Waals surface area contributed by atoms with Crippen LogP contribution in [0.15, 0.2) is 28.7 Å². The second kappa shape index (κ2) is 7.46. The van der Waals surface area contributed by atoms with Crippen LogP contribution in [0.1, 0.15) is 51.9 Å². The highest BCUT2D eigenvalue weighted by Crippen LogP contribution is 2.34. The van der Waals surface area contributed by atoms with E-state index in [2.05, 4.69) is 22.9 Å². The highest BCUT2D eigenvalue weighted by atomic mass is 79.9. The monoisotopic (exact) mass is 339 g/mol. The molecule has 1 aliphatic carbocycles. The first-order valence-electron chi connectivity index (χ1n) is 7.78. The molecule has 2 nitrogen and oxygen atoms in total. The summed E-state index contributed by atoms with van der Waals surface area (Å²) in [4.78, 5) is 0. The highest BCUT2D eigenvalue weighted by Gasteiger charge is 2.31. The highest BCUT2D eigenvalue weighted by molar-refractivity contribution is 9.10. The van der Waals surface area contributed by atoms with Crippen molar-refractivity contribution in [1.82, 2.24) is 0 Å². The van der Waals surface area contributed by atoms with Gasteiger partial charge in [-0.15, -0.1) is 0 Å². The lowest BCUT2D eigenvalue weighted by Gasteiger charge is -2.37. The van der Waals surface area contributed by atoms with Gasteiger partial charge in [0.05, 0.1) is 6.61 Å². The summed E-state index contributed by atoms with van der Waals surface area (Å²) in [6.45, 7) is 2.99. The Bertz CT molecular complexity index is 396. The molecule has 0 unspecified atom stereocenters. The fourth-order valence-electron chi connectivity index (χ4n) is 3.10. The van der Waals surface area contributed by atoms with E-state index >= 15 is 0 Å². The van der Waals surface area contributed by atoms with Gasteiger partial charge >= 0.3 is 0 Å². The fraction of sp³-hybridized carbons (Fsp3) is 0.647. The van der Waals surface area contributed by atoms with Crippen LogP contribution >= 0.6 is 15.9 Å². The predicted octanol–water partition coefficient (Wildman–Crippen LogP) is 4.91. The zero-order valence-electron chi connectivity index (χ0n) is 12.4. The SMILES string of the molecule is CCCC1CCC(N)(CCOc2ccc(Br)cc2)CC1. The Kier molecular flexibility index (Phi) is 5.91. The number of nitrogens with two attached hydrogens (primary N) is 1. The molecule has 1 saturated carbocycles. The van der Waals surface area contributed by atoms with Gasteiger partial charge in [-0.25, -0.2) is 0 Å². The quantitative estimate of drug-likeness (QED) is 0.799. The van der Waals surface area contributed by atoms with Gasteiger partial charge in [0.25, 0.3) is 0 Å². The van der Waals surface area contributed by atoms with Crippen LogP contribution in [0.3, 0.4) is 0 Å². The van der Waals surface area contributed by atoms with Crippen LogP contribution in [0, 0.1) is 5.92 Å². The lowest BCUT2D eigenvalue weighted by atomic mass is 9.74. The van der Waals surface area contributed by atoms with Gasteiger partial charge in [-0.1, -0.05) is 35.7 Å². The molecule has 0 bridgehead atoms. The maximum Gasteiger partial charge on any atom is 0.119 e. The molecular weight excluding hydrogens is 314 g/mol. The fourth-order valence-corrected chi connectivity index (χ4v) is 3.37. The van der Waals surface area contributed by atoms with E-state index in [-0.39, 0.29) is 5.54 Å². The van der Waals surface area contributed by atoms with Crippen molar-refractivity contribution in [2.45, 2.75) is 57.4 Å². The van der Waals surface area contributed by atoms with Crippen molar-refractivity contribution < 1.29 is 4.74 Å². The third kappa shape index (κ3) is 4.78. The molecular formula is C17H26BrNO. The number of ether oxygens (including phenoxy) is 1.